The van der Waals surface area contributed by atoms with Crippen molar-refractivity contribution >= 4 is 27.5 Å². The Hall–Kier alpha value is -0.940. The SMILES string of the molecule is Cc1cc(Br)c(F)cc1NC(=O)C(C)(C)CN. The number of amides is 1. The van der Waals surface area contributed by atoms with Gasteiger partial charge < -0.3 is 11.1 Å². The normalized spacial score (nSPS) is 11.4. The van der Waals surface area contributed by atoms with Crippen molar-refractivity contribution in [2.75, 3.05) is 11.9 Å². The molecule has 1 amide bonds. The van der Waals surface area contributed by atoms with Crippen LogP contribution in [-0.4, -0.2) is 12.5 Å². The van der Waals surface area contributed by atoms with Crippen LogP contribution >= 0.6 is 15.9 Å². The van der Waals surface area contributed by atoms with Crippen LogP contribution in [0.4, 0.5) is 10.1 Å². The Balaban J connectivity index is 2.97. The highest BCUT2D eigenvalue weighted by molar-refractivity contribution is 9.10. The van der Waals surface area contributed by atoms with E-state index in [1.165, 1.54) is 6.07 Å². The molecule has 5 heteroatoms. The van der Waals surface area contributed by atoms with Crippen LogP contribution in [0.25, 0.3) is 0 Å². The molecule has 17 heavy (non-hydrogen) atoms. The van der Waals surface area contributed by atoms with Crippen molar-refractivity contribution in [1.29, 1.82) is 0 Å². The second kappa shape index (κ2) is 5.14. The number of nitrogens with one attached hydrogen (secondary N) is 1. The third-order valence-electron chi connectivity index (χ3n) is 2.64. The molecule has 0 aromatic heterocycles. The van der Waals surface area contributed by atoms with E-state index in [1.807, 2.05) is 0 Å². The number of aryl methyl sites for hydroxylation is 1. The van der Waals surface area contributed by atoms with Crippen LogP contribution in [0.5, 0.6) is 0 Å². The summed E-state index contributed by atoms with van der Waals surface area (Å²) in [5.41, 5.74) is 6.10. The van der Waals surface area contributed by atoms with E-state index in [-0.39, 0.29) is 12.5 Å². The van der Waals surface area contributed by atoms with Crippen molar-refractivity contribution in [3.8, 4) is 0 Å². The summed E-state index contributed by atoms with van der Waals surface area (Å²) in [5.74, 6) is -0.624. The molecule has 3 N–H and O–H groups in total. The van der Waals surface area contributed by atoms with Crippen molar-refractivity contribution in [3.05, 3.63) is 28.0 Å². The van der Waals surface area contributed by atoms with Gasteiger partial charge in [0.15, 0.2) is 0 Å². The summed E-state index contributed by atoms with van der Waals surface area (Å²) in [5, 5.41) is 2.69. The average molecular weight is 303 g/mol. The van der Waals surface area contributed by atoms with E-state index in [9.17, 15) is 9.18 Å². The van der Waals surface area contributed by atoms with E-state index in [0.717, 1.165) is 5.56 Å². The third-order valence-corrected chi connectivity index (χ3v) is 3.25. The van der Waals surface area contributed by atoms with Crippen molar-refractivity contribution < 1.29 is 9.18 Å². The first-order valence-electron chi connectivity index (χ1n) is 5.25. The molecule has 1 aromatic carbocycles. The summed E-state index contributed by atoms with van der Waals surface area (Å²) in [6, 6.07) is 2.92. The Morgan fingerprint density at radius 1 is 1.53 bits per heavy atom. The average Bonchev–Trinajstić information content (AvgIpc) is 2.25. The van der Waals surface area contributed by atoms with Gasteiger partial charge >= 0.3 is 0 Å². The van der Waals surface area contributed by atoms with Gasteiger partial charge in [0.2, 0.25) is 5.91 Å². The minimum atomic E-state index is -0.671. The Bertz CT molecular complexity index is 446. The maximum absolute atomic E-state index is 13.4. The molecule has 1 rings (SSSR count). The fourth-order valence-corrected chi connectivity index (χ4v) is 1.62. The number of halogens is 2. The highest BCUT2D eigenvalue weighted by Crippen LogP contribution is 2.25. The summed E-state index contributed by atoms with van der Waals surface area (Å²) in [6.07, 6.45) is 0. The van der Waals surface area contributed by atoms with Gasteiger partial charge in [-0.25, -0.2) is 4.39 Å². The monoisotopic (exact) mass is 302 g/mol. The molecule has 0 fully saturated rings. The van der Waals surface area contributed by atoms with E-state index in [4.69, 9.17) is 5.73 Å². The minimum Gasteiger partial charge on any atom is -0.329 e. The number of hydrogen-bond acceptors (Lipinski definition) is 2. The molecule has 0 spiro atoms. The molecule has 0 atom stereocenters. The van der Waals surface area contributed by atoms with Crippen molar-refractivity contribution in [2.24, 2.45) is 11.1 Å². The number of hydrogen-bond donors (Lipinski definition) is 2. The van der Waals surface area contributed by atoms with Gasteiger partial charge in [0.05, 0.1) is 9.89 Å². The summed E-state index contributed by atoms with van der Waals surface area (Å²) in [6.45, 7) is 5.52. The molecule has 3 nitrogen and oxygen atoms in total. The van der Waals surface area contributed by atoms with Crippen LogP contribution in [0.2, 0.25) is 0 Å². The summed E-state index contributed by atoms with van der Waals surface area (Å²) in [7, 11) is 0. The van der Waals surface area contributed by atoms with Gasteiger partial charge in [-0.1, -0.05) is 0 Å². The van der Waals surface area contributed by atoms with Gasteiger partial charge in [0.1, 0.15) is 5.82 Å². The lowest BCUT2D eigenvalue weighted by Gasteiger charge is -2.22. The fraction of sp³-hybridized carbons (Fsp3) is 0.417. The highest BCUT2D eigenvalue weighted by atomic mass is 79.9. The summed E-state index contributed by atoms with van der Waals surface area (Å²) < 4.78 is 13.7. The second-order valence-electron chi connectivity index (χ2n) is 4.62. The first kappa shape index (κ1) is 14.1. The number of anilines is 1. The molecule has 0 aliphatic heterocycles. The first-order valence-corrected chi connectivity index (χ1v) is 6.04. The quantitative estimate of drug-likeness (QED) is 0.902. The summed E-state index contributed by atoms with van der Waals surface area (Å²) in [4.78, 5) is 11.9. The van der Waals surface area contributed by atoms with Gasteiger partial charge in [-0.15, -0.1) is 0 Å². The number of benzene rings is 1. The first-order chi connectivity index (χ1) is 7.77. The lowest BCUT2D eigenvalue weighted by molar-refractivity contribution is -0.123. The summed E-state index contributed by atoms with van der Waals surface area (Å²) >= 11 is 3.09. The predicted molar refractivity (Wildman–Crippen MR) is 70.3 cm³/mol. The highest BCUT2D eigenvalue weighted by Gasteiger charge is 2.26. The minimum absolute atomic E-state index is 0.218. The Morgan fingerprint density at radius 3 is 2.65 bits per heavy atom. The standard InChI is InChI=1S/C12H16BrFN2O/c1-7-4-8(13)9(14)5-10(7)16-11(17)12(2,3)6-15/h4-5H,6,15H2,1-3H3,(H,16,17). The van der Waals surface area contributed by atoms with E-state index < -0.39 is 11.2 Å². The molecule has 1 aromatic rings. The molecular weight excluding hydrogens is 287 g/mol. The van der Waals surface area contributed by atoms with Gasteiger partial charge in [0, 0.05) is 12.2 Å². The zero-order valence-corrected chi connectivity index (χ0v) is 11.7. The van der Waals surface area contributed by atoms with E-state index in [1.54, 1.807) is 26.8 Å². The lowest BCUT2D eigenvalue weighted by Crippen LogP contribution is -2.37. The lowest BCUT2D eigenvalue weighted by atomic mass is 9.92. The van der Waals surface area contributed by atoms with E-state index in [0.29, 0.717) is 10.2 Å². The van der Waals surface area contributed by atoms with Crippen LogP contribution in [0.3, 0.4) is 0 Å². The Labute approximate surface area is 109 Å². The molecule has 0 aliphatic rings. The van der Waals surface area contributed by atoms with E-state index >= 15 is 0 Å². The van der Waals surface area contributed by atoms with Gasteiger partial charge in [-0.2, -0.15) is 0 Å². The van der Waals surface area contributed by atoms with Crippen LogP contribution in [0.1, 0.15) is 19.4 Å². The fourth-order valence-electron chi connectivity index (χ4n) is 1.17. The number of carbonyl (C=O) groups excluding carboxylic acids is 1. The molecule has 0 bridgehead atoms. The molecule has 0 saturated carbocycles. The van der Waals surface area contributed by atoms with Crippen molar-refractivity contribution in [3.63, 3.8) is 0 Å². The topological polar surface area (TPSA) is 55.1 Å². The zero-order chi connectivity index (χ0) is 13.2. The molecular formula is C12H16BrFN2O. The molecule has 0 heterocycles. The molecule has 0 unspecified atom stereocenters. The van der Waals surface area contributed by atoms with Crippen molar-refractivity contribution in [2.45, 2.75) is 20.8 Å². The maximum atomic E-state index is 13.4. The second-order valence-corrected chi connectivity index (χ2v) is 5.48. The van der Waals surface area contributed by atoms with Crippen LogP contribution in [0.15, 0.2) is 16.6 Å². The van der Waals surface area contributed by atoms with Crippen LogP contribution in [-0.2, 0) is 4.79 Å². The molecule has 0 saturated heterocycles. The molecule has 0 radical (unpaired) electrons. The largest absolute Gasteiger partial charge is 0.329 e. The molecule has 0 aliphatic carbocycles. The maximum Gasteiger partial charge on any atom is 0.231 e. The van der Waals surface area contributed by atoms with Gasteiger partial charge in [-0.05, 0) is 54.4 Å². The van der Waals surface area contributed by atoms with Crippen molar-refractivity contribution in [1.82, 2.24) is 0 Å². The van der Waals surface area contributed by atoms with Crippen LogP contribution < -0.4 is 11.1 Å². The van der Waals surface area contributed by atoms with Gasteiger partial charge in [0.25, 0.3) is 0 Å². The zero-order valence-electron chi connectivity index (χ0n) is 10.1. The predicted octanol–water partition coefficient (Wildman–Crippen LogP) is 2.82. The molecule has 94 valence electrons. The number of carbonyl (C=O) groups is 1. The Kier molecular flexibility index (Phi) is 4.27. The Morgan fingerprint density at radius 2 is 2.12 bits per heavy atom. The van der Waals surface area contributed by atoms with E-state index in [2.05, 4.69) is 21.2 Å². The number of nitrogens with two attached hydrogens (primary N) is 1. The van der Waals surface area contributed by atoms with Crippen LogP contribution in [0, 0.1) is 18.2 Å². The van der Waals surface area contributed by atoms with Gasteiger partial charge in [-0.3, -0.25) is 4.79 Å². The number of rotatable bonds is 3. The third kappa shape index (κ3) is 3.26. The smallest absolute Gasteiger partial charge is 0.231 e.